The number of ketones is 1. The van der Waals surface area contributed by atoms with Crippen molar-refractivity contribution in [3.8, 4) is 0 Å². The minimum Gasteiger partial charge on any atom is -0.294 e. The highest BCUT2D eigenvalue weighted by molar-refractivity contribution is 5.94. The molecule has 1 rings (SSSR count). The molecule has 1 heterocycles. The lowest BCUT2D eigenvalue weighted by Crippen LogP contribution is -2.12. The lowest BCUT2D eigenvalue weighted by molar-refractivity contribution is 0.101. The zero-order valence-corrected chi connectivity index (χ0v) is 6.96. The zero-order chi connectivity index (χ0) is 9.14. The largest absolute Gasteiger partial charge is 0.294 e. The first kappa shape index (κ1) is 8.61. The van der Waals surface area contributed by atoms with Gasteiger partial charge < -0.3 is 0 Å². The fraction of sp³-hybridized carbons (Fsp3) is 0.286. The number of carbonyl (C=O) groups excluding carboxylic acids is 1. The third-order valence-electron chi connectivity index (χ3n) is 1.49. The molecule has 0 spiro atoms. The van der Waals surface area contributed by atoms with Crippen LogP contribution in [0.5, 0.6) is 0 Å². The molecule has 1 aromatic heterocycles. The molecule has 0 amide bonds. The van der Waals surface area contributed by atoms with E-state index in [0.717, 1.165) is 0 Å². The van der Waals surface area contributed by atoms with Gasteiger partial charge in [-0.2, -0.15) is 0 Å². The molecule has 5 nitrogen and oxygen atoms in total. The van der Waals surface area contributed by atoms with Crippen molar-refractivity contribution in [3.05, 3.63) is 17.5 Å². The number of Topliss-reactive ketones (excluding diaryl/α,β-unsaturated/α-hetero) is 1. The molecule has 0 bridgehead atoms. The van der Waals surface area contributed by atoms with Crippen molar-refractivity contribution in [3.63, 3.8) is 0 Å². The van der Waals surface area contributed by atoms with E-state index in [1.165, 1.54) is 13.1 Å². The monoisotopic (exact) mass is 166 g/mol. The van der Waals surface area contributed by atoms with Crippen molar-refractivity contribution in [1.82, 2.24) is 9.97 Å². The Balaban J connectivity index is 3.12. The Morgan fingerprint density at radius 2 is 2.33 bits per heavy atom. The molecule has 0 aliphatic carbocycles. The summed E-state index contributed by atoms with van der Waals surface area (Å²) in [7, 11) is 0. The topological polar surface area (TPSA) is 80.9 Å². The van der Waals surface area contributed by atoms with Crippen LogP contribution < -0.4 is 11.3 Å². The Hall–Kier alpha value is -1.49. The van der Waals surface area contributed by atoms with Crippen molar-refractivity contribution in [2.45, 2.75) is 13.8 Å². The number of nitrogens with zero attached hydrogens (tertiary/aromatic N) is 2. The van der Waals surface area contributed by atoms with Crippen LogP contribution in [0.3, 0.4) is 0 Å². The second-order valence-electron chi connectivity index (χ2n) is 2.39. The molecule has 64 valence electrons. The lowest BCUT2D eigenvalue weighted by Gasteiger charge is -2.02. The fourth-order valence-corrected chi connectivity index (χ4v) is 0.882. The summed E-state index contributed by atoms with van der Waals surface area (Å²) in [4.78, 5) is 18.7. The summed E-state index contributed by atoms with van der Waals surface area (Å²) in [5, 5.41) is 0. The Labute approximate surface area is 70.0 Å². The summed E-state index contributed by atoms with van der Waals surface area (Å²) >= 11 is 0. The molecule has 0 saturated carbocycles. The highest BCUT2D eigenvalue weighted by Gasteiger charge is 2.05. The summed E-state index contributed by atoms with van der Waals surface area (Å²) in [6.07, 6.45) is 1.46. The Morgan fingerprint density at radius 1 is 1.67 bits per heavy atom. The number of hydrogen-bond acceptors (Lipinski definition) is 5. The number of anilines is 1. The normalized spacial score (nSPS) is 9.58. The standard InChI is InChI=1S/C7H10N4O/c1-4-6(5(2)12)3-9-7(10-4)11-8/h3H,8H2,1-2H3,(H,9,10,11). The van der Waals surface area contributed by atoms with E-state index in [1.807, 2.05) is 0 Å². The maximum Gasteiger partial charge on any atom is 0.237 e. The van der Waals surface area contributed by atoms with E-state index in [2.05, 4.69) is 15.4 Å². The highest BCUT2D eigenvalue weighted by Crippen LogP contribution is 2.06. The first-order valence-electron chi connectivity index (χ1n) is 3.46. The summed E-state index contributed by atoms with van der Waals surface area (Å²) in [6, 6.07) is 0. The van der Waals surface area contributed by atoms with Gasteiger partial charge >= 0.3 is 0 Å². The van der Waals surface area contributed by atoms with Crippen LogP contribution in [0.4, 0.5) is 5.95 Å². The van der Waals surface area contributed by atoms with Gasteiger partial charge in [0.15, 0.2) is 5.78 Å². The highest BCUT2D eigenvalue weighted by atomic mass is 16.1. The zero-order valence-electron chi connectivity index (χ0n) is 6.96. The van der Waals surface area contributed by atoms with Crippen LogP contribution in [0.25, 0.3) is 0 Å². The Morgan fingerprint density at radius 3 is 2.75 bits per heavy atom. The Kier molecular flexibility index (Phi) is 2.35. The lowest BCUT2D eigenvalue weighted by atomic mass is 10.2. The molecule has 0 unspecified atom stereocenters. The van der Waals surface area contributed by atoms with Gasteiger partial charge in [0.1, 0.15) is 0 Å². The number of carbonyl (C=O) groups is 1. The van der Waals surface area contributed by atoms with Gasteiger partial charge in [-0.25, -0.2) is 15.8 Å². The number of aromatic nitrogens is 2. The second-order valence-corrected chi connectivity index (χ2v) is 2.39. The van der Waals surface area contributed by atoms with Crippen molar-refractivity contribution in [2.24, 2.45) is 5.84 Å². The predicted octanol–water partition coefficient (Wildman–Crippen LogP) is 0.273. The third kappa shape index (κ3) is 1.57. The molecule has 0 fully saturated rings. The van der Waals surface area contributed by atoms with Gasteiger partial charge in [-0.05, 0) is 13.8 Å². The molecule has 0 atom stereocenters. The molecular formula is C7H10N4O. The van der Waals surface area contributed by atoms with Crippen LogP contribution >= 0.6 is 0 Å². The van der Waals surface area contributed by atoms with E-state index in [9.17, 15) is 4.79 Å². The SMILES string of the molecule is CC(=O)c1cnc(NN)nc1C. The van der Waals surface area contributed by atoms with E-state index >= 15 is 0 Å². The van der Waals surface area contributed by atoms with E-state index in [1.54, 1.807) is 6.92 Å². The number of nitrogens with two attached hydrogens (primary N) is 1. The molecule has 12 heavy (non-hydrogen) atoms. The maximum atomic E-state index is 10.9. The average molecular weight is 166 g/mol. The van der Waals surface area contributed by atoms with Crippen LogP contribution in [0, 0.1) is 6.92 Å². The predicted molar refractivity (Wildman–Crippen MR) is 44.6 cm³/mol. The van der Waals surface area contributed by atoms with Crippen molar-refractivity contribution in [2.75, 3.05) is 5.43 Å². The molecule has 0 aliphatic heterocycles. The van der Waals surface area contributed by atoms with Gasteiger partial charge in [0, 0.05) is 6.20 Å². The average Bonchev–Trinajstić information content (AvgIpc) is 2.03. The number of hydrogen-bond donors (Lipinski definition) is 2. The molecule has 0 saturated heterocycles. The van der Waals surface area contributed by atoms with E-state index in [-0.39, 0.29) is 5.78 Å². The molecule has 3 N–H and O–H groups in total. The first-order valence-corrected chi connectivity index (χ1v) is 3.46. The van der Waals surface area contributed by atoms with Crippen molar-refractivity contribution < 1.29 is 4.79 Å². The van der Waals surface area contributed by atoms with Crippen LogP contribution in [0.15, 0.2) is 6.20 Å². The van der Waals surface area contributed by atoms with E-state index < -0.39 is 0 Å². The third-order valence-corrected chi connectivity index (χ3v) is 1.49. The van der Waals surface area contributed by atoms with Gasteiger partial charge in [-0.15, -0.1) is 0 Å². The number of nitrogens with one attached hydrogen (secondary N) is 1. The molecule has 0 aliphatic rings. The number of nitrogen functional groups attached to an aromatic ring is 1. The molecule has 1 aromatic rings. The van der Waals surface area contributed by atoms with Gasteiger partial charge in [-0.3, -0.25) is 10.2 Å². The number of rotatable bonds is 2. The van der Waals surface area contributed by atoms with Crippen molar-refractivity contribution in [1.29, 1.82) is 0 Å². The number of aryl methyl sites for hydroxylation is 1. The van der Waals surface area contributed by atoms with Crippen LogP contribution in [0.1, 0.15) is 23.0 Å². The summed E-state index contributed by atoms with van der Waals surface area (Å²) in [6.45, 7) is 3.21. The van der Waals surface area contributed by atoms with Crippen LogP contribution in [0.2, 0.25) is 0 Å². The summed E-state index contributed by atoms with van der Waals surface area (Å²) in [5.74, 6) is 5.36. The van der Waals surface area contributed by atoms with Gasteiger partial charge in [-0.1, -0.05) is 0 Å². The van der Waals surface area contributed by atoms with E-state index in [0.29, 0.717) is 17.2 Å². The first-order chi connectivity index (χ1) is 5.65. The summed E-state index contributed by atoms with van der Waals surface area (Å²) < 4.78 is 0. The smallest absolute Gasteiger partial charge is 0.237 e. The van der Waals surface area contributed by atoms with Gasteiger partial charge in [0.25, 0.3) is 0 Å². The molecule has 5 heteroatoms. The fourth-order valence-electron chi connectivity index (χ4n) is 0.882. The minimum atomic E-state index is -0.0453. The van der Waals surface area contributed by atoms with Gasteiger partial charge in [0.05, 0.1) is 11.3 Å². The molecule has 0 radical (unpaired) electrons. The van der Waals surface area contributed by atoms with Gasteiger partial charge in [0.2, 0.25) is 5.95 Å². The Bertz CT molecular complexity index is 310. The van der Waals surface area contributed by atoms with Crippen molar-refractivity contribution >= 4 is 11.7 Å². The van der Waals surface area contributed by atoms with Crippen LogP contribution in [-0.2, 0) is 0 Å². The molecule has 0 aromatic carbocycles. The quantitative estimate of drug-likeness (QED) is 0.374. The summed E-state index contributed by atoms with van der Waals surface area (Å²) in [5.41, 5.74) is 3.45. The minimum absolute atomic E-state index is 0.0453. The molecular weight excluding hydrogens is 156 g/mol. The maximum absolute atomic E-state index is 10.9. The number of hydrazine groups is 1. The van der Waals surface area contributed by atoms with E-state index in [4.69, 9.17) is 5.84 Å². The van der Waals surface area contributed by atoms with Crippen LogP contribution in [-0.4, -0.2) is 15.8 Å². The second kappa shape index (κ2) is 3.27.